The van der Waals surface area contributed by atoms with Crippen molar-refractivity contribution in [1.82, 2.24) is 0 Å². The molecule has 1 nitrogen and oxygen atoms in total. The van der Waals surface area contributed by atoms with Crippen LogP contribution in [-0.2, 0) is 0 Å². The third kappa shape index (κ3) is 3.41. The average Bonchev–Trinajstić information content (AvgIpc) is 2.25. The molecule has 2 N–H and O–H groups in total. The first-order chi connectivity index (χ1) is 7.45. The highest BCUT2D eigenvalue weighted by Gasteiger charge is 2.19. The number of allylic oxidation sites excluding steroid dienone is 7. The minimum atomic E-state index is 0.282. The zero-order chi connectivity index (χ0) is 12.2. The van der Waals surface area contributed by atoms with Crippen LogP contribution in [0.4, 0.5) is 0 Å². The Morgan fingerprint density at radius 1 is 1.25 bits per heavy atom. The second-order valence-electron chi connectivity index (χ2n) is 5.28. The van der Waals surface area contributed by atoms with Gasteiger partial charge in [0, 0.05) is 5.70 Å². The Labute approximate surface area is 99.4 Å². The monoisotopic (exact) mass is 217 g/mol. The molecule has 0 unspecified atom stereocenters. The average molecular weight is 217 g/mol. The van der Waals surface area contributed by atoms with E-state index in [-0.39, 0.29) is 5.41 Å². The lowest BCUT2D eigenvalue weighted by Crippen LogP contribution is -2.13. The van der Waals surface area contributed by atoms with Crippen molar-refractivity contribution in [1.29, 1.82) is 0 Å². The summed E-state index contributed by atoms with van der Waals surface area (Å²) in [5.41, 5.74) is 9.94. The van der Waals surface area contributed by atoms with Crippen molar-refractivity contribution in [3.8, 4) is 0 Å². The van der Waals surface area contributed by atoms with Crippen LogP contribution in [0.15, 0.2) is 47.2 Å². The van der Waals surface area contributed by atoms with Crippen molar-refractivity contribution in [2.45, 2.75) is 40.5 Å². The zero-order valence-electron chi connectivity index (χ0n) is 10.9. The predicted octanol–water partition coefficient (Wildman–Crippen LogP) is 4.10. The summed E-state index contributed by atoms with van der Waals surface area (Å²) >= 11 is 0. The molecule has 0 aromatic rings. The van der Waals surface area contributed by atoms with E-state index >= 15 is 0 Å². The lowest BCUT2D eigenvalue weighted by Gasteiger charge is -2.26. The standard InChI is InChI=1S/C15H23N/c1-5-6-7-14(16)12-8-10-13(11-9-12)15(2,3)4/h5-8,10H,9,11,16H2,1-4H3/b6-5-,14-7-. The summed E-state index contributed by atoms with van der Waals surface area (Å²) in [4.78, 5) is 0. The highest BCUT2D eigenvalue weighted by Crippen LogP contribution is 2.33. The van der Waals surface area contributed by atoms with E-state index in [1.54, 1.807) is 0 Å². The van der Waals surface area contributed by atoms with E-state index in [0.29, 0.717) is 0 Å². The van der Waals surface area contributed by atoms with Gasteiger partial charge in [0.05, 0.1) is 0 Å². The highest BCUT2D eigenvalue weighted by molar-refractivity contribution is 5.38. The molecule has 0 aromatic carbocycles. The maximum atomic E-state index is 6.00. The van der Waals surface area contributed by atoms with Gasteiger partial charge in [-0.25, -0.2) is 0 Å². The van der Waals surface area contributed by atoms with Gasteiger partial charge in [0.25, 0.3) is 0 Å². The molecular weight excluding hydrogens is 194 g/mol. The van der Waals surface area contributed by atoms with Gasteiger partial charge in [0.15, 0.2) is 0 Å². The quantitative estimate of drug-likeness (QED) is 0.692. The SMILES string of the molecule is C/C=C\C=C(/N)C1=CC=C(C(C)(C)C)CC1. The summed E-state index contributed by atoms with van der Waals surface area (Å²) < 4.78 is 0. The van der Waals surface area contributed by atoms with Crippen LogP contribution in [0.25, 0.3) is 0 Å². The molecule has 0 aliphatic heterocycles. The first-order valence-electron chi connectivity index (χ1n) is 5.94. The zero-order valence-corrected chi connectivity index (χ0v) is 10.9. The van der Waals surface area contributed by atoms with E-state index < -0.39 is 0 Å². The van der Waals surface area contributed by atoms with Crippen LogP contribution in [0.1, 0.15) is 40.5 Å². The smallest absolute Gasteiger partial charge is 0.0346 e. The van der Waals surface area contributed by atoms with Gasteiger partial charge in [0.2, 0.25) is 0 Å². The molecule has 0 fully saturated rings. The Bertz CT molecular complexity index is 359. The summed E-state index contributed by atoms with van der Waals surface area (Å²) in [5.74, 6) is 0. The van der Waals surface area contributed by atoms with E-state index in [9.17, 15) is 0 Å². The van der Waals surface area contributed by atoms with Crippen LogP contribution in [0.2, 0.25) is 0 Å². The maximum absolute atomic E-state index is 6.00. The number of hydrogen-bond donors (Lipinski definition) is 1. The van der Waals surface area contributed by atoms with E-state index in [0.717, 1.165) is 18.5 Å². The van der Waals surface area contributed by atoms with Crippen LogP contribution in [0, 0.1) is 5.41 Å². The second kappa shape index (κ2) is 5.20. The number of rotatable bonds is 2. The van der Waals surface area contributed by atoms with Crippen LogP contribution in [-0.4, -0.2) is 0 Å². The second-order valence-corrected chi connectivity index (χ2v) is 5.28. The topological polar surface area (TPSA) is 26.0 Å². The van der Waals surface area contributed by atoms with Crippen LogP contribution in [0.5, 0.6) is 0 Å². The molecule has 88 valence electrons. The minimum Gasteiger partial charge on any atom is -0.399 e. The van der Waals surface area contributed by atoms with Crippen molar-refractivity contribution in [3.63, 3.8) is 0 Å². The summed E-state index contributed by atoms with van der Waals surface area (Å²) in [6, 6.07) is 0. The molecule has 16 heavy (non-hydrogen) atoms. The van der Waals surface area contributed by atoms with Crippen molar-refractivity contribution < 1.29 is 0 Å². The van der Waals surface area contributed by atoms with Crippen molar-refractivity contribution in [2.24, 2.45) is 11.1 Å². The molecule has 0 heterocycles. The molecule has 0 saturated carbocycles. The molecule has 0 saturated heterocycles. The molecule has 0 radical (unpaired) electrons. The van der Waals surface area contributed by atoms with Gasteiger partial charge >= 0.3 is 0 Å². The Hall–Kier alpha value is -1.24. The van der Waals surface area contributed by atoms with Crippen LogP contribution >= 0.6 is 0 Å². The fourth-order valence-corrected chi connectivity index (χ4v) is 1.81. The minimum absolute atomic E-state index is 0.282. The fraction of sp³-hybridized carbons (Fsp3) is 0.467. The fourth-order valence-electron chi connectivity index (χ4n) is 1.81. The van der Waals surface area contributed by atoms with Crippen molar-refractivity contribution >= 4 is 0 Å². The van der Waals surface area contributed by atoms with Crippen molar-refractivity contribution in [3.05, 3.63) is 47.2 Å². The molecule has 1 rings (SSSR count). The molecule has 0 spiro atoms. The van der Waals surface area contributed by atoms with Gasteiger partial charge in [-0.05, 0) is 36.8 Å². The van der Waals surface area contributed by atoms with E-state index in [1.165, 1.54) is 11.1 Å². The summed E-state index contributed by atoms with van der Waals surface area (Å²) in [6.45, 7) is 8.78. The highest BCUT2D eigenvalue weighted by atomic mass is 14.6. The molecule has 1 aliphatic rings. The van der Waals surface area contributed by atoms with Crippen LogP contribution in [0.3, 0.4) is 0 Å². The number of nitrogens with two attached hydrogens (primary N) is 1. The van der Waals surface area contributed by atoms with Gasteiger partial charge in [-0.15, -0.1) is 0 Å². The van der Waals surface area contributed by atoms with E-state index in [1.807, 2.05) is 25.2 Å². The van der Waals surface area contributed by atoms with Gasteiger partial charge in [-0.1, -0.05) is 50.6 Å². The lowest BCUT2D eigenvalue weighted by atomic mass is 9.80. The Kier molecular flexibility index (Phi) is 4.17. The molecule has 1 heteroatoms. The first kappa shape index (κ1) is 12.8. The summed E-state index contributed by atoms with van der Waals surface area (Å²) in [7, 11) is 0. The third-order valence-electron chi connectivity index (χ3n) is 2.95. The van der Waals surface area contributed by atoms with E-state index in [2.05, 4.69) is 32.9 Å². The van der Waals surface area contributed by atoms with E-state index in [4.69, 9.17) is 5.73 Å². The number of hydrogen-bond acceptors (Lipinski definition) is 1. The Morgan fingerprint density at radius 2 is 1.94 bits per heavy atom. The molecule has 0 atom stereocenters. The van der Waals surface area contributed by atoms with Gasteiger partial charge < -0.3 is 5.73 Å². The first-order valence-corrected chi connectivity index (χ1v) is 5.94. The Balaban J connectivity index is 2.83. The van der Waals surface area contributed by atoms with Gasteiger partial charge in [-0.3, -0.25) is 0 Å². The van der Waals surface area contributed by atoms with Crippen molar-refractivity contribution in [2.75, 3.05) is 0 Å². The largest absolute Gasteiger partial charge is 0.399 e. The van der Waals surface area contributed by atoms with Crippen LogP contribution < -0.4 is 5.73 Å². The summed E-state index contributed by atoms with van der Waals surface area (Å²) in [5, 5.41) is 0. The normalized spacial score (nSPS) is 18.6. The predicted molar refractivity (Wildman–Crippen MR) is 71.9 cm³/mol. The lowest BCUT2D eigenvalue weighted by molar-refractivity contribution is 0.480. The molecule has 0 amide bonds. The molecule has 0 bridgehead atoms. The molecular formula is C15H23N. The Morgan fingerprint density at radius 3 is 2.38 bits per heavy atom. The maximum Gasteiger partial charge on any atom is 0.0346 e. The third-order valence-corrected chi connectivity index (χ3v) is 2.95. The van der Waals surface area contributed by atoms with Gasteiger partial charge in [0.1, 0.15) is 0 Å². The summed E-state index contributed by atoms with van der Waals surface area (Å²) in [6.07, 6.45) is 12.5. The molecule has 0 aromatic heterocycles. The molecule has 1 aliphatic carbocycles. The van der Waals surface area contributed by atoms with Gasteiger partial charge in [-0.2, -0.15) is 0 Å².